The minimum atomic E-state index is -0.944. The summed E-state index contributed by atoms with van der Waals surface area (Å²) in [6.45, 7) is 3.73. The van der Waals surface area contributed by atoms with E-state index >= 15 is 0 Å². The highest BCUT2D eigenvalue weighted by molar-refractivity contribution is 8.93. The molecule has 2 aliphatic rings. The molecule has 1 aliphatic heterocycles. The number of esters is 1. The second-order valence-electron chi connectivity index (χ2n) is 8.64. The smallest absolute Gasteiger partial charge is 0.326 e. The lowest BCUT2D eigenvalue weighted by Gasteiger charge is -2.35. The van der Waals surface area contributed by atoms with Crippen molar-refractivity contribution in [1.82, 2.24) is 10.2 Å². The number of thioether (sulfide) groups is 1. The fourth-order valence-electron chi connectivity index (χ4n) is 4.89. The third-order valence-corrected chi connectivity index (χ3v) is 7.52. The van der Waals surface area contributed by atoms with Gasteiger partial charge >= 0.3 is 11.9 Å². The van der Waals surface area contributed by atoms with Gasteiger partial charge in [0.25, 0.3) is 0 Å². The van der Waals surface area contributed by atoms with Crippen LogP contribution < -0.4 is 5.32 Å². The van der Waals surface area contributed by atoms with Crippen molar-refractivity contribution >= 4 is 46.6 Å². The lowest BCUT2D eigenvalue weighted by atomic mass is 9.84. The zero-order chi connectivity index (χ0) is 23.1. The number of carbonyl (C=O) groups is 3. The van der Waals surface area contributed by atoms with Crippen LogP contribution in [0.15, 0.2) is 30.3 Å². The molecule has 0 radical (unpaired) electrons. The molecule has 2 N–H and O–H groups in total. The molecule has 1 aromatic rings. The molecule has 0 unspecified atom stereocenters. The van der Waals surface area contributed by atoms with Crippen molar-refractivity contribution in [3.63, 3.8) is 0 Å². The molecule has 7 nitrogen and oxygen atoms in total. The van der Waals surface area contributed by atoms with Crippen LogP contribution in [0.2, 0.25) is 0 Å². The third-order valence-electron chi connectivity index (χ3n) is 6.42. The van der Waals surface area contributed by atoms with Gasteiger partial charge < -0.3 is 14.7 Å². The fraction of sp³-hybridized carbons (Fsp3) is 0.625. The molecule has 9 heteroatoms. The topological polar surface area (TPSA) is 95.9 Å². The predicted octanol–water partition coefficient (Wildman–Crippen LogP) is 3.65. The van der Waals surface area contributed by atoms with E-state index in [1.165, 1.54) is 0 Å². The Bertz CT molecular complexity index is 796. The van der Waals surface area contributed by atoms with Gasteiger partial charge in [-0.3, -0.25) is 14.9 Å². The van der Waals surface area contributed by atoms with Crippen LogP contribution in [0.1, 0.15) is 51.5 Å². The van der Waals surface area contributed by atoms with Crippen molar-refractivity contribution in [3.05, 3.63) is 35.9 Å². The highest BCUT2D eigenvalue weighted by Crippen LogP contribution is 2.40. The molecule has 184 valence electrons. The van der Waals surface area contributed by atoms with Crippen LogP contribution in [-0.4, -0.2) is 64.4 Å². The van der Waals surface area contributed by atoms with Crippen LogP contribution in [-0.2, 0) is 24.9 Å². The van der Waals surface area contributed by atoms with E-state index in [1.807, 2.05) is 30.3 Å². The molecule has 1 aromatic carbocycles. The van der Waals surface area contributed by atoms with Crippen LogP contribution in [0.25, 0.3) is 0 Å². The maximum Gasteiger partial charge on any atom is 0.326 e. The summed E-state index contributed by atoms with van der Waals surface area (Å²) in [5.74, 6) is -0.116. The lowest BCUT2D eigenvalue weighted by molar-refractivity contribution is -0.151. The van der Waals surface area contributed by atoms with E-state index in [0.717, 1.165) is 37.0 Å². The van der Waals surface area contributed by atoms with E-state index in [0.29, 0.717) is 12.2 Å². The molecule has 1 amide bonds. The van der Waals surface area contributed by atoms with Gasteiger partial charge in [-0.05, 0) is 44.6 Å². The van der Waals surface area contributed by atoms with Gasteiger partial charge in [-0.15, -0.1) is 17.0 Å². The van der Waals surface area contributed by atoms with Gasteiger partial charge in [0.05, 0.1) is 12.6 Å². The molecule has 3 rings (SSSR count). The lowest BCUT2D eigenvalue weighted by Crippen LogP contribution is -2.56. The van der Waals surface area contributed by atoms with E-state index in [2.05, 4.69) is 5.32 Å². The number of ether oxygens (including phenoxy) is 1. The number of fused-ring (bicyclic) bond motifs is 1. The number of rotatable bonds is 10. The summed E-state index contributed by atoms with van der Waals surface area (Å²) in [4.78, 5) is 39.4. The van der Waals surface area contributed by atoms with E-state index in [4.69, 9.17) is 4.74 Å². The van der Waals surface area contributed by atoms with Gasteiger partial charge in [0, 0.05) is 17.5 Å². The molecule has 5 atom stereocenters. The Balaban J connectivity index is 0.00000385. The molecule has 2 fully saturated rings. The van der Waals surface area contributed by atoms with Gasteiger partial charge in [0.15, 0.2) is 0 Å². The Hall–Kier alpha value is -1.58. The van der Waals surface area contributed by atoms with Crippen molar-refractivity contribution in [1.29, 1.82) is 0 Å². The molecule has 1 saturated carbocycles. The van der Waals surface area contributed by atoms with Crippen LogP contribution in [0.3, 0.4) is 0 Å². The molecule has 1 saturated heterocycles. The Morgan fingerprint density at radius 2 is 1.91 bits per heavy atom. The number of hydrogen-bond donors (Lipinski definition) is 2. The minimum Gasteiger partial charge on any atom is -0.480 e. The fourth-order valence-corrected chi connectivity index (χ4v) is 5.90. The number of nitrogens with zero attached hydrogens (tertiary/aromatic N) is 1. The molecular formula is C24H35BrN2O5S. The van der Waals surface area contributed by atoms with Gasteiger partial charge in [0.2, 0.25) is 5.91 Å². The monoisotopic (exact) mass is 542 g/mol. The second kappa shape index (κ2) is 13.3. The van der Waals surface area contributed by atoms with Crippen molar-refractivity contribution in [2.45, 2.75) is 75.9 Å². The Labute approximate surface area is 210 Å². The summed E-state index contributed by atoms with van der Waals surface area (Å²) in [5.41, 5.74) is 1.16. The first-order valence-electron chi connectivity index (χ1n) is 11.5. The molecular weight excluding hydrogens is 508 g/mol. The van der Waals surface area contributed by atoms with Crippen LogP contribution in [0.4, 0.5) is 0 Å². The maximum atomic E-state index is 13.4. The number of benzene rings is 1. The number of carboxylic acid groups (broad SMARTS) is 1. The van der Waals surface area contributed by atoms with Gasteiger partial charge in [-0.25, -0.2) is 4.79 Å². The van der Waals surface area contributed by atoms with Crippen molar-refractivity contribution in [2.75, 3.05) is 12.4 Å². The zero-order valence-corrected chi connectivity index (χ0v) is 21.8. The van der Waals surface area contributed by atoms with Crippen molar-refractivity contribution in [3.8, 4) is 0 Å². The number of amides is 1. The Kier molecular flexibility index (Phi) is 11.2. The maximum absolute atomic E-state index is 13.4. The molecule has 1 aliphatic carbocycles. The van der Waals surface area contributed by atoms with Gasteiger partial charge in [-0.1, -0.05) is 43.2 Å². The number of aliphatic carboxylic acids is 1. The van der Waals surface area contributed by atoms with Gasteiger partial charge in [0.1, 0.15) is 12.1 Å². The summed E-state index contributed by atoms with van der Waals surface area (Å²) in [6, 6.07) is 7.86. The summed E-state index contributed by atoms with van der Waals surface area (Å²) in [7, 11) is 0. The highest BCUT2D eigenvalue weighted by atomic mass is 79.9. The van der Waals surface area contributed by atoms with Crippen LogP contribution in [0.5, 0.6) is 0 Å². The molecule has 0 bridgehead atoms. The standard InChI is InChI=1S/C24H34N2O5S.BrH/c1-3-31-24(30)19(15-32-14-17-9-5-4-6-10-17)25-16(2)22(27)26-20-12-8-7-11-18(20)13-21(26)23(28)29;/h4-6,9-10,16,18-21,25H,3,7-8,11-15H2,1-2H3,(H,28,29);1H/t16-,18+,19-,20+,21-;/m0./s1. The molecule has 0 spiro atoms. The van der Waals surface area contributed by atoms with Gasteiger partial charge in [-0.2, -0.15) is 11.8 Å². The Morgan fingerprint density at radius 3 is 2.58 bits per heavy atom. The van der Waals surface area contributed by atoms with Crippen molar-refractivity contribution in [2.24, 2.45) is 5.92 Å². The van der Waals surface area contributed by atoms with Crippen molar-refractivity contribution < 1.29 is 24.2 Å². The summed E-state index contributed by atoms with van der Waals surface area (Å²) < 4.78 is 5.22. The van der Waals surface area contributed by atoms with Crippen LogP contribution in [0, 0.1) is 5.92 Å². The second-order valence-corrected chi connectivity index (χ2v) is 9.67. The number of carbonyl (C=O) groups excluding carboxylic acids is 2. The quantitative estimate of drug-likeness (QED) is 0.435. The zero-order valence-electron chi connectivity index (χ0n) is 19.3. The van der Waals surface area contributed by atoms with E-state index in [-0.39, 0.29) is 47.4 Å². The molecule has 1 heterocycles. The number of likely N-dealkylation sites (tertiary alicyclic amines) is 1. The third kappa shape index (κ3) is 7.20. The number of nitrogens with one attached hydrogen (secondary N) is 1. The van der Waals surface area contributed by atoms with E-state index in [9.17, 15) is 19.5 Å². The SMILES string of the molecule is Br.CCOC(=O)[C@H](CSCc1ccccc1)N[C@@H](C)C(=O)N1[C@@H]2CCCC[C@@H]2C[C@H]1C(=O)O. The Morgan fingerprint density at radius 1 is 1.21 bits per heavy atom. The van der Waals surface area contributed by atoms with E-state index < -0.39 is 24.1 Å². The normalized spacial score (nSPS) is 23.7. The summed E-state index contributed by atoms with van der Waals surface area (Å²) in [6.07, 6.45) is 4.45. The number of hydrogen-bond acceptors (Lipinski definition) is 6. The first-order chi connectivity index (χ1) is 15.4. The van der Waals surface area contributed by atoms with E-state index in [1.54, 1.807) is 30.5 Å². The first-order valence-corrected chi connectivity index (χ1v) is 12.7. The number of halogens is 1. The first kappa shape index (κ1) is 27.7. The highest BCUT2D eigenvalue weighted by Gasteiger charge is 2.48. The van der Waals surface area contributed by atoms with Crippen LogP contribution >= 0.6 is 28.7 Å². The average molecular weight is 544 g/mol. The predicted molar refractivity (Wildman–Crippen MR) is 135 cm³/mol. The minimum absolute atomic E-state index is 0. The largest absolute Gasteiger partial charge is 0.480 e. The average Bonchev–Trinajstić information content (AvgIpc) is 3.18. The molecule has 0 aromatic heterocycles. The summed E-state index contributed by atoms with van der Waals surface area (Å²) in [5, 5.41) is 12.9. The number of carboxylic acids is 1. The summed E-state index contributed by atoms with van der Waals surface area (Å²) >= 11 is 1.60. The molecule has 33 heavy (non-hydrogen) atoms.